The van der Waals surface area contributed by atoms with Crippen molar-refractivity contribution in [2.75, 3.05) is 7.11 Å². The number of benzene rings is 1. The Kier molecular flexibility index (Phi) is 4.77. The lowest BCUT2D eigenvalue weighted by molar-refractivity contribution is -0.152. The van der Waals surface area contributed by atoms with Crippen molar-refractivity contribution in [1.29, 1.82) is 0 Å². The van der Waals surface area contributed by atoms with E-state index in [9.17, 15) is 19.8 Å². The van der Waals surface area contributed by atoms with Crippen LogP contribution in [0.2, 0.25) is 0 Å². The molecular formula is C13H16BrNO5. The predicted octanol–water partition coefficient (Wildman–Crippen LogP) is 2.05. The molecule has 0 radical (unpaired) electrons. The van der Waals surface area contributed by atoms with E-state index in [4.69, 9.17) is 5.73 Å². The number of phenols is 1. The first-order chi connectivity index (χ1) is 9.14. The maximum absolute atomic E-state index is 11.8. The van der Waals surface area contributed by atoms with Gasteiger partial charge in [-0.3, -0.25) is 4.79 Å². The number of carbonyl (C=O) groups is 2. The van der Waals surface area contributed by atoms with E-state index < -0.39 is 23.4 Å². The first-order valence-corrected chi connectivity index (χ1v) is 6.52. The Labute approximate surface area is 124 Å². The number of aromatic carboxylic acids is 1. The third-order valence-electron chi connectivity index (χ3n) is 3.20. The van der Waals surface area contributed by atoms with Crippen molar-refractivity contribution in [2.24, 2.45) is 11.1 Å². The molecular weight excluding hydrogens is 330 g/mol. The van der Waals surface area contributed by atoms with Crippen LogP contribution in [0.3, 0.4) is 0 Å². The number of carboxylic acid groups (broad SMARTS) is 1. The zero-order valence-electron chi connectivity index (χ0n) is 11.3. The van der Waals surface area contributed by atoms with Gasteiger partial charge in [-0.25, -0.2) is 4.79 Å². The molecule has 1 aromatic carbocycles. The van der Waals surface area contributed by atoms with Crippen LogP contribution in [-0.4, -0.2) is 29.3 Å². The molecule has 4 N–H and O–H groups in total. The zero-order chi connectivity index (χ0) is 15.7. The molecule has 0 unspecified atom stereocenters. The molecule has 1 atom stereocenters. The lowest BCUT2D eigenvalue weighted by Gasteiger charge is -2.30. The molecule has 0 aliphatic heterocycles. The van der Waals surface area contributed by atoms with Gasteiger partial charge in [0.25, 0.3) is 0 Å². The minimum atomic E-state index is -1.24. The third-order valence-corrected chi connectivity index (χ3v) is 3.84. The van der Waals surface area contributed by atoms with Crippen LogP contribution in [0.15, 0.2) is 16.6 Å². The van der Waals surface area contributed by atoms with Crippen molar-refractivity contribution < 1.29 is 24.5 Å². The second-order valence-corrected chi connectivity index (χ2v) is 5.71. The second-order valence-electron chi connectivity index (χ2n) is 4.85. The maximum Gasteiger partial charge on any atom is 0.336 e. The highest BCUT2D eigenvalue weighted by molar-refractivity contribution is 9.10. The number of carboxylic acids is 1. The molecule has 7 heteroatoms. The van der Waals surface area contributed by atoms with Gasteiger partial charge >= 0.3 is 11.9 Å². The Balaban J connectivity index is 3.49. The number of halogens is 1. The van der Waals surface area contributed by atoms with E-state index >= 15 is 0 Å². The number of phenolic OH excluding ortho intramolecular Hbond substituents is 1. The van der Waals surface area contributed by atoms with E-state index in [-0.39, 0.29) is 16.9 Å². The number of nitrogens with two attached hydrogens (primary N) is 1. The molecule has 0 aliphatic rings. The zero-order valence-corrected chi connectivity index (χ0v) is 12.9. The number of aromatic hydroxyl groups is 1. The largest absolute Gasteiger partial charge is 0.506 e. The van der Waals surface area contributed by atoms with Crippen LogP contribution >= 0.6 is 15.9 Å². The lowest BCUT2D eigenvalue weighted by Crippen LogP contribution is -2.38. The van der Waals surface area contributed by atoms with Crippen LogP contribution in [0, 0.1) is 5.41 Å². The van der Waals surface area contributed by atoms with Crippen LogP contribution in [0.4, 0.5) is 0 Å². The molecule has 0 saturated carbocycles. The van der Waals surface area contributed by atoms with Gasteiger partial charge in [0.1, 0.15) is 5.75 Å². The van der Waals surface area contributed by atoms with E-state index in [0.29, 0.717) is 4.47 Å². The lowest BCUT2D eigenvalue weighted by atomic mass is 9.79. The highest BCUT2D eigenvalue weighted by Crippen LogP contribution is 2.41. The molecule has 0 saturated heterocycles. The van der Waals surface area contributed by atoms with Gasteiger partial charge in [-0.15, -0.1) is 0 Å². The molecule has 6 nitrogen and oxygen atoms in total. The minimum Gasteiger partial charge on any atom is -0.506 e. The van der Waals surface area contributed by atoms with Gasteiger partial charge in [-0.05, 0) is 41.9 Å². The fourth-order valence-corrected chi connectivity index (χ4v) is 2.18. The summed E-state index contributed by atoms with van der Waals surface area (Å²) in [6.07, 6.45) is 0. The smallest absolute Gasteiger partial charge is 0.336 e. The van der Waals surface area contributed by atoms with E-state index in [1.807, 2.05) is 0 Å². The van der Waals surface area contributed by atoms with Crippen LogP contribution in [0.25, 0.3) is 0 Å². The summed E-state index contributed by atoms with van der Waals surface area (Å²) >= 11 is 3.10. The van der Waals surface area contributed by atoms with Crippen LogP contribution < -0.4 is 5.73 Å². The normalized spacial score (nSPS) is 12.8. The molecule has 0 bridgehead atoms. The Bertz CT molecular complexity index is 556. The SMILES string of the molecule is COC(=O)C(C)(C)[C@@H](N)c1c(C(=O)O)ccc(Br)c1O. The van der Waals surface area contributed by atoms with Gasteiger partial charge in [0.2, 0.25) is 0 Å². The van der Waals surface area contributed by atoms with Crippen molar-refractivity contribution in [3.05, 3.63) is 27.7 Å². The minimum absolute atomic E-state index is 0.0118. The number of rotatable bonds is 4. The van der Waals surface area contributed by atoms with Gasteiger partial charge in [-0.2, -0.15) is 0 Å². The van der Waals surface area contributed by atoms with E-state index in [1.165, 1.54) is 33.1 Å². The summed E-state index contributed by atoms with van der Waals surface area (Å²) in [6.45, 7) is 3.05. The first kappa shape index (κ1) is 16.5. The number of carbonyl (C=O) groups excluding carboxylic acids is 1. The van der Waals surface area contributed by atoms with E-state index in [0.717, 1.165) is 0 Å². The summed E-state index contributed by atoms with van der Waals surface area (Å²) in [7, 11) is 1.22. The topological polar surface area (TPSA) is 110 Å². The average Bonchev–Trinajstić information content (AvgIpc) is 2.39. The number of methoxy groups -OCH3 is 1. The summed E-state index contributed by atoms with van der Waals surface area (Å²) in [4.78, 5) is 23.0. The standard InChI is InChI=1S/C13H16BrNO5/c1-13(2,12(19)20-3)10(15)8-6(11(17)18)4-5-7(14)9(8)16/h4-5,10,16H,15H2,1-3H3,(H,17,18)/t10-/m0/s1. The number of esters is 1. The van der Waals surface area contributed by atoms with Crippen LogP contribution in [-0.2, 0) is 9.53 Å². The van der Waals surface area contributed by atoms with Crippen molar-refractivity contribution in [3.8, 4) is 5.75 Å². The van der Waals surface area contributed by atoms with Crippen LogP contribution in [0.5, 0.6) is 5.75 Å². The van der Waals surface area contributed by atoms with Gasteiger partial charge in [-0.1, -0.05) is 0 Å². The molecule has 20 heavy (non-hydrogen) atoms. The summed E-state index contributed by atoms with van der Waals surface area (Å²) < 4.78 is 4.97. The van der Waals surface area contributed by atoms with E-state index in [2.05, 4.69) is 20.7 Å². The third kappa shape index (κ3) is 2.78. The first-order valence-electron chi connectivity index (χ1n) is 5.73. The second kappa shape index (κ2) is 5.80. The molecule has 1 aromatic rings. The van der Waals surface area contributed by atoms with Gasteiger partial charge in [0, 0.05) is 11.6 Å². The summed E-state index contributed by atoms with van der Waals surface area (Å²) in [5.41, 5.74) is 4.65. The molecule has 110 valence electrons. The Morgan fingerprint density at radius 1 is 1.40 bits per heavy atom. The monoisotopic (exact) mass is 345 g/mol. The van der Waals surface area contributed by atoms with Crippen molar-refractivity contribution in [3.63, 3.8) is 0 Å². The number of hydrogen-bond acceptors (Lipinski definition) is 5. The van der Waals surface area contributed by atoms with Gasteiger partial charge < -0.3 is 20.7 Å². The van der Waals surface area contributed by atoms with Gasteiger partial charge in [0.15, 0.2) is 0 Å². The summed E-state index contributed by atoms with van der Waals surface area (Å²) in [5, 5.41) is 19.3. The number of hydrogen-bond donors (Lipinski definition) is 3. The molecule has 0 fully saturated rings. The average molecular weight is 346 g/mol. The van der Waals surface area contributed by atoms with Crippen molar-refractivity contribution in [1.82, 2.24) is 0 Å². The number of ether oxygens (including phenoxy) is 1. The summed E-state index contributed by atoms with van der Waals surface area (Å²) in [5.74, 6) is -2.13. The Morgan fingerprint density at radius 2 is 1.95 bits per heavy atom. The fraction of sp³-hybridized carbons (Fsp3) is 0.385. The maximum atomic E-state index is 11.8. The molecule has 0 aromatic heterocycles. The van der Waals surface area contributed by atoms with Crippen molar-refractivity contribution >= 4 is 27.9 Å². The predicted molar refractivity (Wildman–Crippen MR) is 75.5 cm³/mol. The molecule has 0 amide bonds. The van der Waals surface area contributed by atoms with Gasteiger partial charge in [0.05, 0.1) is 22.6 Å². The van der Waals surface area contributed by atoms with Crippen molar-refractivity contribution in [2.45, 2.75) is 19.9 Å². The highest BCUT2D eigenvalue weighted by Gasteiger charge is 2.40. The Morgan fingerprint density at radius 3 is 2.40 bits per heavy atom. The molecule has 0 spiro atoms. The summed E-state index contributed by atoms with van der Waals surface area (Å²) in [6, 6.07) is 1.67. The quantitative estimate of drug-likeness (QED) is 0.720. The molecule has 0 aliphatic carbocycles. The Hall–Kier alpha value is -1.60. The molecule has 1 rings (SSSR count). The molecule has 0 heterocycles. The fourth-order valence-electron chi connectivity index (χ4n) is 1.83. The van der Waals surface area contributed by atoms with E-state index in [1.54, 1.807) is 0 Å². The van der Waals surface area contributed by atoms with Crippen LogP contribution in [0.1, 0.15) is 35.8 Å². The highest BCUT2D eigenvalue weighted by atomic mass is 79.9.